The number of nitrogens with one attached hydrogen (secondary N) is 2. The molecule has 0 amide bonds. The van der Waals surface area contributed by atoms with Gasteiger partial charge in [-0.2, -0.15) is 0 Å². The average Bonchev–Trinajstić information content (AvgIpc) is 2.96. The van der Waals surface area contributed by atoms with E-state index < -0.39 is 11.1 Å². The molecule has 3 aromatic rings. The largest absolute Gasteiger partial charge is 0.495 e. The van der Waals surface area contributed by atoms with Crippen LogP contribution in [0.1, 0.15) is 0 Å². The lowest BCUT2D eigenvalue weighted by molar-refractivity contribution is 0.417. The maximum atomic E-state index is 11.0. The number of rotatable bonds is 5. The minimum atomic E-state index is -2.11. The number of anilines is 1. The van der Waals surface area contributed by atoms with Gasteiger partial charge in [0.05, 0.1) is 23.8 Å². The number of benzene rings is 2. The molecule has 3 rings (SSSR count). The molecule has 3 N–H and O–H groups in total. The topological polar surface area (TPSA) is 87.2 Å². The third kappa shape index (κ3) is 3.08. The lowest BCUT2D eigenvalue weighted by atomic mass is 10.3. The van der Waals surface area contributed by atoms with Crippen molar-refractivity contribution in [3.8, 4) is 5.75 Å². The minimum absolute atomic E-state index is 0.0508. The summed E-state index contributed by atoms with van der Waals surface area (Å²) < 4.78 is 28.6. The number of fused-ring (bicyclic) bond motifs is 1. The van der Waals surface area contributed by atoms with Crippen molar-refractivity contribution < 1.29 is 13.5 Å². The number of methoxy groups -OCH3 is 1. The Morgan fingerprint density at radius 3 is 2.91 bits per heavy atom. The monoisotopic (exact) mass is 335 g/mol. The first-order chi connectivity index (χ1) is 10.7. The fourth-order valence-corrected chi connectivity index (χ4v) is 3.04. The second kappa shape index (κ2) is 6.39. The van der Waals surface area contributed by atoms with Crippen LogP contribution in [0.3, 0.4) is 0 Å². The minimum Gasteiger partial charge on any atom is -0.495 e. The molecule has 0 aliphatic rings. The standard InChI is InChI=1S/C14H13N3O3S2/c1-20-13-5-3-2-4-11(13)17-21-9-6-7-10-12(8-9)16-14(15-10)22(18)19/h2-8,17H,1H3,(H,15,16)(H,18,19). The molecule has 0 bridgehead atoms. The summed E-state index contributed by atoms with van der Waals surface area (Å²) in [6.45, 7) is 0. The second-order valence-corrected chi connectivity index (χ2v) is 6.14. The number of imidazole rings is 1. The molecule has 0 spiro atoms. The van der Waals surface area contributed by atoms with Crippen molar-refractivity contribution in [1.82, 2.24) is 9.97 Å². The smallest absolute Gasteiger partial charge is 0.225 e. The Labute approximate surface area is 133 Å². The van der Waals surface area contributed by atoms with Crippen LogP contribution in [0.2, 0.25) is 0 Å². The Kier molecular flexibility index (Phi) is 4.32. The maximum Gasteiger partial charge on any atom is 0.225 e. The zero-order chi connectivity index (χ0) is 15.5. The van der Waals surface area contributed by atoms with E-state index in [-0.39, 0.29) is 5.16 Å². The average molecular weight is 335 g/mol. The summed E-state index contributed by atoms with van der Waals surface area (Å²) in [6.07, 6.45) is 0. The lowest BCUT2D eigenvalue weighted by Crippen LogP contribution is -1.91. The van der Waals surface area contributed by atoms with Crippen molar-refractivity contribution in [1.29, 1.82) is 0 Å². The Hall–Kier alpha value is -2.03. The first kappa shape index (κ1) is 14.9. The van der Waals surface area contributed by atoms with Crippen molar-refractivity contribution in [2.24, 2.45) is 0 Å². The molecule has 0 aliphatic heterocycles. The van der Waals surface area contributed by atoms with Crippen LogP contribution < -0.4 is 9.46 Å². The van der Waals surface area contributed by atoms with E-state index in [4.69, 9.17) is 9.29 Å². The SMILES string of the molecule is COc1ccccc1NSc1ccc2nc(S(=O)O)[nH]c2c1. The lowest BCUT2D eigenvalue weighted by Gasteiger charge is -2.09. The quantitative estimate of drug-likeness (QED) is 0.490. The van der Waals surface area contributed by atoms with E-state index in [1.165, 1.54) is 11.9 Å². The van der Waals surface area contributed by atoms with Gasteiger partial charge in [0.25, 0.3) is 0 Å². The highest BCUT2D eigenvalue weighted by molar-refractivity contribution is 8.00. The van der Waals surface area contributed by atoms with Crippen molar-refractivity contribution in [2.45, 2.75) is 10.1 Å². The predicted molar refractivity (Wildman–Crippen MR) is 87.6 cm³/mol. The molecule has 0 radical (unpaired) electrons. The van der Waals surface area contributed by atoms with E-state index in [0.29, 0.717) is 11.0 Å². The van der Waals surface area contributed by atoms with E-state index in [2.05, 4.69) is 14.7 Å². The molecule has 114 valence electrons. The van der Waals surface area contributed by atoms with Crippen molar-refractivity contribution in [2.75, 3.05) is 11.8 Å². The molecule has 2 aromatic carbocycles. The Morgan fingerprint density at radius 2 is 2.14 bits per heavy atom. The zero-order valence-corrected chi connectivity index (χ0v) is 13.2. The Balaban J connectivity index is 1.80. The van der Waals surface area contributed by atoms with Gasteiger partial charge in [-0.1, -0.05) is 12.1 Å². The first-order valence-corrected chi connectivity index (χ1v) is 8.26. The number of aromatic amines is 1. The molecule has 1 unspecified atom stereocenters. The van der Waals surface area contributed by atoms with Gasteiger partial charge in [0, 0.05) is 4.90 Å². The van der Waals surface area contributed by atoms with Gasteiger partial charge in [-0.05, 0) is 42.3 Å². The van der Waals surface area contributed by atoms with Crippen LogP contribution in [0, 0.1) is 0 Å². The number of H-pyrrole nitrogens is 1. The molecule has 1 atom stereocenters. The summed E-state index contributed by atoms with van der Waals surface area (Å²) in [7, 11) is 1.62. The van der Waals surface area contributed by atoms with E-state index in [9.17, 15) is 4.21 Å². The number of para-hydroxylation sites is 2. The van der Waals surface area contributed by atoms with Crippen LogP contribution >= 0.6 is 11.9 Å². The third-order valence-corrected chi connectivity index (χ3v) is 4.32. The second-order valence-electron chi connectivity index (χ2n) is 4.37. The van der Waals surface area contributed by atoms with Gasteiger partial charge >= 0.3 is 0 Å². The summed E-state index contributed by atoms with van der Waals surface area (Å²) in [4.78, 5) is 7.81. The van der Waals surface area contributed by atoms with E-state index in [1.54, 1.807) is 13.2 Å². The van der Waals surface area contributed by atoms with Crippen molar-refractivity contribution in [3.63, 3.8) is 0 Å². The summed E-state index contributed by atoms with van der Waals surface area (Å²) in [5, 5.41) is 0.0508. The molecule has 0 saturated heterocycles. The number of aromatic nitrogens is 2. The van der Waals surface area contributed by atoms with Gasteiger partial charge in [-0.3, -0.25) is 4.55 Å². The number of hydrogen-bond donors (Lipinski definition) is 3. The molecular weight excluding hydrogens is 322 g/mol. The Bertz CT molecular complexity index is 835. The van der Waals surface area contributed by atoms with Gasteiger partial charge in [0.15, 0.2) is 0 Å². The fraction of sp³-hybridized carbons (Fsp3) is 0.0714. The highest BCUT2D eigenvalue weighted by Crippen LogP contribution is 2.29. The highest BCUT2D eigenvalue weighted by Gasteiger charge is 2.08. The zero-order valence-electron chi connectivity index (χ0n) is 11.6. The highest BCUT2D eigenvalue weighted by atomic mass is 32.2. The van der Waals surface area contributed by atoms with Gasteiger partial charge in [0.1, 0.15) is 5.75 Å². The first-order valence-electron chi connectivity index (χ1n) is 6.34. The van der Waals surface area contributed by atoms with Gasteiger partial charge in [-0.25, -0.2) is 9.19 Å². The molecule has 1 aromatic heterocycles. The van der Waals surface area contributed by atoms with Crippen LogP contribution in [0.15, 0.2) is 52.5 Å². The van der Waals surface area contributed by atoms with Crippen LogP contribution in [0.25, 0.3) is 11.0 Å². The van der Waals surface area contributed by atoms with E-state index in [1.807, 2.05) is 36.4 Å². The molecule has 6 nitrogen and oxygen atoms in total. The molecule has 8 heteroatoms. The number of nitrogens with zero attached hydrogens (tertiary/aromatic N) is 1. The van der Waals surface area contributed by atoms with Crippen LogP contribution in [0.5, 0.6) is 5.75 Å². The molecule has 0 fully saturated rings. The van der Waals surface area contributed by atoms with Gasteiger partial charge in [-0.15, -0.1) is 0 Å². The van der Waals surface area contributed by atoms with E-state index in [0.717, 1.165) is 16.3 Å². The van der Waals surface area contributed by atoms with Gasteiger partial charge < -0.3 is 14.4 Å². The Morgan fingerprint density at radius 1 is 1.32 bits per heavy atom. The fourth-order valence-electron chi connectivity index (χ4n) is 1.95. The predicted octanol–water partition coefficient (Wildman–Crippen LogP) is 3.27. The van der Waals surface area contributed by atoms with Crippen molar-refractivity contribution in [3.05, 3.63) is 42.5 Å². The number of ether oxygens (including phenoxy) is 1. The van der Waals surface area contributed by atoms with Crippen LogP contribution in [-0.4, -0.2) is 25.8 Å². The summed E-state index contributed by atoms with van der Waals surface area (Å²) in [5.74, 6) is 0.760. The normalized spacial score (nSPS) is 12.3. The van der Waals surface area contributed by atoms with Crippen LogP contribution in [0.4, 0.5) is 5.69 Å². The number of hydrogen-bond acceptors (Lipinski definition) is 5. The summed E-state index contributed by atoms with van der Waals surface area (Å²) >= 11 is -0.692. The molecule has 0 saturated carbocycles. The summed E-state index contributed by atoms with van der Waals surface area (Å²) in [5.41, 5.74) is 2.24. The van der Waals surface area contributed by atoms with Gasteiger partial charge in [0.2, 0.25) is 16.2 Å². The molecule has 1 heterocycles. The third-order valence-electron chi connectivity index (χ3n) is 2.98. The molecular formula is C14H13N3O3S2. The maximum absolute atomic E-state index is 11.0. The van der Waals surface area contributed by atoms with Crippen molar-refractivity contribution >= 4 is 39.7 Å². The van der Waals surface area contributed by atoms with Crippen LogP contribution in [-0.2, 0) is 11.1 Å². The molecule has 0 aliphatic carbocycles. The summed E-state index contributed by atoms with van der Waals surface area (Å²) in [6, 6.07) is 13.2. The van der Waals surface area contributed by atoms with E-state index >= 15 is 0 Å². The molecule has 22 heavy (non-hydrogen) atoms.